The topological polar surface area (TPSA) is 54.0 Å². The van der Waals surface area contributed by atoms with Crippen LogP contribution in [0.3, 0.4) is 0 Å². The molecular weight excluding hydrogens is 248 g/mol. The van der Waals surface area contributed by atoms with Crippen molar-refractivity contribution in [2.24, 2.45) is 0 Å². The van der Waals surface area contributed by atoms with E-state index in [1.807, 2.05) is 6.92 Å². The van der Waals surface area contributed by atoms with Gasteiger partial charge in [-0.15, -0.1) is 0 Å². The van der Waals surface area contributed by atoms with Gasteiger partial charge in [0.15, 0.2) is 17.3 Å². The van der Waals surface area contributed by atoms with Crippen LogP contribution < -0.4 is 14.2 Å². The highest BCUT2D eigenvalue weighted by atomic mass is 16.5. The Bertz CT molecular complexity index is 428. The average Bonchev–Trinajstić information content (AvgIpc) is 2.45. The highest BCUT2D eigenvalue weighted by Gasteiger charge is 2.17. The van der Waals surface area contributed by atoms with Crippen LogP contribution in [0, 0.1) is 0 Å². The lowest BCUT2D eigenvalue weighted by molar-refractivity contribution is 0.0758. The summed E-state index contributed by atoms with van der Waals surface area (Å²) in [5, 5.41) is 0. The van der Waals surface area contributed by atoms with Gasteiger partial charge in [-0.25, -0.2) is 0 Å². The molecular formula is C14H20O5. The second-order valence-electron chi connectivity index (χ2n) is 3.88. The molecule has 0 radical (unpaired) electrons. The molecule has 0 fully saturated rings. The SMILES string of the molecule is CCCOCC(=O)c1cc(OC)c(OC)cc1OC. The largest absolute Gasteiger partial charge is 0.496 e. The Labute approximate surface area is 113 Å². The molecule has 0 unspecified atom stereocenters. The Balaban J connectivity index is 3.00. The summed E-state index contributed by atoms with van der Waals surface area (Å²) in [5.41, 5.74) is 0.427. The minimum Gasteiger partial charge on any atom is -0.496 e. The molecule has 0 saturated heterocycles. The molecule has 0 aliphatic carbocycles. The maximum atomic E-state index is 12.1. The van der Waals surface area contributed by atoms with E-state index < -0.39 is 0 Å². The molecule has 0 saturated carbocycles. The van der Waals surface area contributed by atoms with E-state index in [2.05, 4.69) is 0 Å². The maximum absolute atomic E-state index is 12.1. The summed E-state index contributed by atoms with van der Waals surface area (Å²) >= 11 is 0. The number of carbonyl (C=O) groups is 1. The first-order valence-electron chi connectivity index (χ1n) is 6.08. The smallest absolute Gasteiger partial charge is 0.192 e. The molecule has 0 bridgehead atoms. The Morgan fingerprint density at radius 3 is 2.11 bits per heavy atom. The molecule has 0 aromatic heterocycles. The van der Waals surface area contributed by atoms with Crippen LogP contribution in [0.4, 0.5) is 0 Å². The van der Waals surface area contributed by atoms with Gasteiger partial charge in [0.25, 0.3) is 0 Å². The lowest BCUT2D eigenvalue weighted by atomic mass is 10.1. The summed E-state index contributed by atoms with van der Waals surface area (Å²) in [7, 11) is 4.56. The number of hydrogen-bond donors (Lipinski definition) is 0. The van der Waals surface area contributed by atoms with Crippen molar-refractivity contribution in [3.63, 3.8) is 0 Å². The van der Waals surface area contributed by atoms with E-state index >= 15 is 0 Å². The molecule has 0 aliphatic rings. The highest BCUT2D eigenvalue weighted by molar-refractivity contribution is 6.00. The molecule has 0 heterocycles. The first kappa shape index (κ1) is 15.3. The predicted molar refractivity (Wildman–Crippen MR) is 71.5 cm³/mol. The minimum atomic E-state index is -0.147. The third-order valence-corrected chi connectivity index (χ3v) is 2.59. The monoisotopic (exact) mass is 268 g/mol. The van der Waals surface area contributed by atoms with Gasteiger partial charge in [0.2, 0.25) is 0 Å². The standard InChI is InChI=1S/C14H20O5/c1-5-6-19-9-11(15)10-7-13(17-3)14(18-4)8-12(10)16-2/h7-8H,5-6,9H2,1-4H3. The van der Waals surface area contributed by atoms with Crippen LogP contribution in [0.1, 0.15) is 23.7 Å². The summed E-state index contributed by atoms with van der Waals surface area (Å²) in [4.78, 5) is 12.1. The van der Waals surface area contributed by atoms with Gasteiger partial charge in [0.05, 0.1) is 26.9 Å². The van der Waals surface area contributed by atoms with Crippen LogP contribution in [-0.4, -0.2) is 40.3 Å². The van der Waals surface area contributed by atoms with Crippen molar-refractivity contribution in [1.29, 1.82) is 0 Å². The Kier molecular flexibility index (Phi) is 6.15. The van der Waals surface area contributed by atoms with Crippen LogP contribution >= 0.6 is 0 Å². The highest BCUT2D eigenvalue weighted by Crippen LogP contribution is 2.34. The number of ketones is 1. The van der Waals surface area contributed by atoms with Crippen LogP contribution in [0.2, 0.25) is 0 Å². The van der Waals surface area contributed by atoms with Crippen LogP contribution in [0.25, 0.3) is 0 Å². The van der Waals surface area contributed by atoms with Gasteiger partial charge in [-0.05, 0) is 12.5 Å². The summed E-state index contributed by atoms with van der Waals surface area (Å²) in [6, 6.07) is 3.24. The van der Waals surface area contributed by atoms with Crippen LogP contribution in [0.15, 0.2) is 12.1 Å². The Morgan fingerprint density at radius 1 is 1.00 bits per heavy atom. The van der Waals surface area contributed by atoms with Gasteiger partial charge in [-0.2, -0.15) is 0 Å². The second kappa shape index (κ2) is 7.63. The van der Waals surface area contributed by atoms with Crippen LogP contribution in [0.5, 0.6) is 17.2 Å². The van der Waals surface area contributed by atoms with Crippen molar-refractivity contribution in [3.05, 3.63) is 17.7 Å². The van der Waals surface area contributed by atoms with Crippen molar-refractivity contribution >= 4 is 5.78 Å². The zero-order chi connectivity index (χ0) is 14.3. The molecule has 0 aliphatic heterocycles. The molecule has 5 heteroatoms. The van der Waals surface area contributed by atoms with Crippen LogP contribution in [-0.2, 0) is 4.74 Å². The van der Waals surface area contributed by atoms with E-state index in [1.54, 1.807) is 12.1 Å². The van der Waals surface area contributed by atoms with Gasteiger partial charge >= 0.3 is 0 Å². The van der Waals surface area contributed by atoms with E-state index in [1.165, 1.54) is 21.3 Å². The van der Waals surface area contributed by atoms with Crippen molar-refractivity contribution < 1.29 is 23.7 Å². The number of rotatable bonds is 8. The zero-order valence-electron chi connectivity index (χ0n) is 11.8. The third kappa shape index (κ3) is 3.86. The lowest BCUT2D eigenvalue weighted by Gasteiger charge is -2.13. The number of hydrogen-bond acceptors (Lipinski definition) is 5. The molecule has 0 spiro atoms. The lowest BCUT2D eigenvalue weighted by Crippen LogP contribution is -2.11. The van der Waals surface area contributed by atoms with E-state index in [0.29, 0.717) is 29.4 Å². The maximum Gasteiger partial charge on any atom is 0.192 e. The van der Waals surface area contributed by atoms with Gasteiger partial charge in [0, 0.05) is 12.7 Å². The van der Waals surface area contributed by atoms with Crippen molar-refractivity contribution in [1.82, 2.24) is 0 Å². The number of Topliss-reactive ketones (excluding diaryl/α,β-unsaturated/α-hetero) is 1. The molecule has 1 rings (SSSR count). The second-order valence-corrected chi connectivity index (χ2v) is 3.88. The van der Waals surface area contributed by atoms with Crippen molar-refractivity contribution in [3.8, 4) is 17.2 Å². The van der Waals surface area contributed by atoms with Gasteiger partial charge < -0.3 is 18.9 Å². The fourth-order valence-corrected chi connectivity index (χ4v) is 1.63. The zero-order valence-corrected chi connectivity index (χ0v) is 11.8. The minimum absolute atomic E-state index is 0.0275. The fourth-order valence-electron chi connectivity index (χ4n) is 1.63. The van der Waals surface area contributed by atoms with E-state index in [9.17, 15) is 4.79 Å². The number of methoxy groups -OCH3 is 3. The Hall–Kier alpha value is -1.75. The normalized spacial score (nSPS) is 10.1. The van der Waals surface area contributed by atoms with E-state index in [4.69, 9.17) is 18.9 Å². The number of benzene rings is 1. The summed E-state index contributed by atoms with van der Waals surface area (Å²) in [6.07, 6.45) is 0.871. The molecule has 0 atom stereocenters. The first-order valence-corrected chi connectivity index (χ1v) is 6.08. The summed E-state index contributed by atoms with van der Waals surface area (Å²) < 4.78 is 20.8. The number of ether oxygens (including phenoxy) is 4. The predicted octanol–water partition coefficient (Wildman–Crippen LogP) is 2.32. The molecule has 19 heavy (non-hydrogen) atoms. The molecule has 106 valence electrons. The van der Waals surface area contributed by atoms with Gasteiger partial charge in [-0.3, -0.25) is 4.79 Å². The molecule has 1 aromatic rings. The quantitative estimate of drug-likeness (QED) is 0.535. The third-order valence-electron chi connectivity index (χ3n) is 2.59. The van der Waals surface area contributed by atoms with E-state index in [-0.39, 0.29) is 12.4 Å². The summed E-state index contributed by atoms with van der Waals surface area (Å²) in [6.45, 7) is 2.57. The molecule has 0 N–H and O–H groups in total. The van der Waals surface area contributed by atoms with Gasteiger partial charge in [0.1, 0.15) is 12.4 Å². The molecule has 0 amide bonds. The fraction of sp³-hybridized carbons (Fsp3) is 0.500. The molecule has 1 aromatic carbocycles. The Morgan fingerprint density at radius 2 is 1.58 bits per heavy atom. The van der Waals surface area contributed by atoms with Crippen molar-refractivity contribution in [2.45, 2.75) is 13.3 Å². The van der Waals surface area contributed by atoms with E-state index in [0.717, 1.165) is 6.42 Å². The number of carbonyl (C=O) groups excluding carboxylic acids is 1. The average molecular weight is 268 g/mol. The first-order chi connectivity index (χ1) is 9.17. The molecule has 5 nitrogen and oxygen atoms in total. The van der Waals surface area contributed by atoms with Crippen molar-refractivity contribution in [2.75, 3.05) is 34.5 Å². The summed E-state index contributed by atoms with van der Waals surface area (Å²) in [5.74, 6) is 1.31. The van der Waals surface area contributed by atoms with Gasteiger partial charge in [-0.1, -0.05) is 6.92 Å².